The zero-order chi connectivity index (χ0) is 9.42. The third kappa shape index (κ3) is 1.56. The number of allylic oxidation sites excluding steroid dienone is 1. The fraction of sp³-hybridized carbons (Fsp3) is 0.846. The van der Waals surface area contributed by atoms with E-state index in [1.807, 2.05) is 0 Å². The SMILES string of the molecule is C=C(CC)C(CCC)C1CC2CC21. The number of hydrogen-bond acceptors (Lipinski definition) is 0. The molecule has 0 N–H and O–H groups in total. The van der Waals surface area contributed by atoms with E-state index in [0.717, 1.165) is 23.7 Å². The van der Waals surface area contributed by atoms with Crippen molar-refractivity contribution < 1.29 is 0 Å². The van der Waals surface area contributed by atoms with Gasteiger partial charge in [0.05, 0.1) is 0 Å². The fourth-order valence-corrected chi connectivity index (χ4v) is 3.15. The Labute approximate surface area is 82.4 Å². The first kappa shape index (κ1) is 9.30. The summed E-state index contributed by atoms with van der Waals surface area (Å²) in [4.78, 5) is 0. The van der Waals surface area contributed by atoms with Gasteiger partial charge in [-0.2, -0.15) is 0 Å². The van der Waals surface area contributed by atoms with Crippen molar-refractivity contribution in [3.63, 3.8) is 0 Å². The molecule has 4 unspecified atom stereocenters. The van der Waals surface area contributed by atoms with Gasteiger partial charge >= 0.3 is 0 Å². The van der Waals surface area contributed by atoms with E-state index in [2.05, 4.69) is 20.4 Å². The lowest BCUT2D eigenvalue weighted by Gasteiger charge is -2.34. The Bertz CT molecular complexity index is 204. The molecule has 0 nitrogen and oxygen atoms in total. The number of hydrogen-bond donors (Lipinski definition) is 0. The summed E-state index contributed by atoms with van der Waals surface area (Å²) in [6.45, 7) is 8.81. The van der Waals surface area contributed by atoms with Crippen LogP contribution in [0.3, 0.4) is 0 Å². The average molecular weight is 178 g/mol. The van der Waals surface area contributed by atoms with Gasteiger partial charge in [0.15, 0.2) is 0 Å². The highest BCUT2D eigenvalue weighted by atomic mass is 14.6. The zero-order valence-electron chi connectivity index (χ0n) is 9.05. The molecule has 2 saturated carbocycles. The second-order valence-electron chi connectivity index (χ2n) is 4.97. The van der Waals surface area contributed by atoms with E-state index in [0.29, 0.717) is 0 Å². The smallest absolute Gasteiger partial charge is 0.0175 e. The van der Waals surface area contributed by atoms with Crippen LogP contribution in [0.15, 0.2) is 12.2 Å². The lowest BCUT2D eigenvalue weighted by atomic mass is 9.71. The molecule has 0 aromatic rings. The van der Waals surface area contributed by atoms with Crippen molar-refractivity contribution in [2.75, 3.05) is 0 Å². The van der Waals surface area contributed by atoms with E-state index >= 15 is 0 Å². The van der Waals surface area contributed by atoms with Crippen LogP contribution in [0, 0.1) is 23.7 Å². The third-order valence-corrected chi connectivity index (χ3v) is 4.20. The van der Waals surface area contributed by atoms with Crippen molar-refractivity contribution in [1.29, 1.82) is 0 Å². The van der Waals surface area contributed by atoms with Gasteiger partial charge in [-0.05, 0) is 49.4 Å². The van der Waals surface area contributed by atoms with Crippen LogP contribution in [0.2, 0.25) is 0 Å². The molecule has 2 rings (SSSR count). The van der Waals surface area contributed by atoms with Gasteiger partial charge in [0.2, 0.25) is 0 Å². The van der Waals surface area contributed by atoms with Crippen molar-refractivity contribution in [3.05, 3.63) is 12.2 Å². The molecular formula is C13H22. The molecule has 0 heterocycles. The molecule has 2 aliphatic carbocycles. The molecular weight excluding hydrogens is 156 g/mol. The Morgan fingerprint density at radius 3 is 2.54 bits per heavy atom. The molecule has 0 saturated heterocycles. The van der Waals surface area contributed by atoms with E-state index in [1.165, 1.54) is 31.3 Å². The summed E-state index contributed by atoms with van der Waals surface area (Å²) < 4.78 is 0. The second kappa shape index (κ2) is 3.48. The molecule has 0 aromatic carbocycles. The molecule has 0 amide bonds. The summed E-state index contributed by atoms with van der Waals surface area (Å²) in [5.41, 5.74) is 1.53. The molecule has 0 bridgehead atoms. The van der Waals surface area contributed by atoms with E-state index in [-0.39, 0.29) is 0 Å². The normalized spacial score (nSPS) is 37.5. The molecule has 0 spiro atoms. The van der Waals surface area contributed by atoms with Crippen LogP contribution >= 0.6 is 0 Å². The van der Waals surface area contributed by atoms with Gasteiger partial charge in [-0.15, -0.1) is 0 Å². The van der Waals surface area contributed by atoms with Crippen LogP contribution in [0.1, 0.15) is 46.0 Å². The summed E-state index contributed by atoms with van der Waals surface area (Å²) in [5, 5.41) is 0. The summed E-state index contributed by atoms with van der Waals surface area (Å²) >= 11 is 0. The van der Waals surface area contributed by atoms with Crippen molar-refractivity contribution in [3.8, 4) is 0 Å². The van der Waals surface area contributed by atoms with Gasteiger partial charge in [-0.3, -0.25) is 0 Å². The van der Waals surface area contributed by atoms with Crippen molar-refractivity contribution in [2.45, 2.75) is 46.0 Å². The maximum absolute atomic E-state index is 4.25. The summed E-state index contributed by atoms with van der Waals surface area (Å²) in [5.74, 6) is 4.19. The molecule has 4 atom stereocenters. The third-order valence-electron chi connectivity index (χ3n) is 4.20. The Hall–Kier alpha value is -0.260. The van der Waals surface area contributed by atoms with E-state index in [4.69, 9.17) is 0 Å². The minimum Gasteiger partial charge on any atom is -0.0996 e. The highest BCUT2D eigenvalue weighted by Crippen LogP contribution is 2.63. The fourth-order valence-electron chi connectivity index (χ4n) is 3.15. The van der Waals surface area contributed by atoms with Gasteiger partial charge in [-0.25, -0.2) is 0 Å². The van der Waals surface area contributed by atoms with E-state index in [9.17, 15) is 0 Å². The maximum atomic E-state index is 4.25. The maximum Gasteiger partial charge on any atom is -0.0175 e. The highest BCUT2D eigenvalue weighted by molar-refractivity contribution is 5.12. The summed E-state index contributed by atoms with van der Waals surface area (Å²) in [6, 6.07) is 0. The largest absolute Gasteiger partial charge is 0.0996 e. The van der Waals surface area contributed by atoms with Crippen molar-refractivity contribution >= 4 is 0 Å². The van der Waals surface area contributed by atoms with Crippen LogP contribution in [0.5, 0.6) is 0 Å². The molecule has 0 aliphatic heterocycles. The topological polar surface area (TPSA) is 0 Å². The first-order chi connectivity index (χ1) is 6.27. The molecule has 2 fully saturated rings. The van der Waals surface area contributed by atoms with Crippen molar-refractivity contribution in [1.82, 2.24) is 0 Å². The van der Waals surface area contributed by atoms with Crippen LogP contribution < -0.4 is 0 Å². The predicted molar refractivity (Wildman–Crippen MR) is 57.5 cm³/mol. The Balaban J connectivity index is 1.92. The molecule has 74 valence electrons. The quantitative estimate of drug-likeness (QED) is 0.558. The van der Waals surface area contributed by atoms with Crippen LogP contribution in [0.4, 0.5) is 0 Å². The van der Waals surface area contributed by atoms with Gasteiger partial charge in [0.1, 0.15) is 0 Å². The molecule has 2 aliphatic rings. The van der Waals surface area contributed by atoms with Crippen LogP contribution in [-0.2, 0) is 0 Å². The number of rotatable bonds is 5. The standard InChI is InChI=1S/C13H22/c1-4-6-11(9(3)5-2)13-8-10-7-12(10)13/h10-13H,3-8H2,1-2H3. The van der Waals surface area contributed by atoms with E-state index < -0.39 is 0 Å². The second-order valence-corrected chi connectivity index (χ2v) is 4.97. The summed E-state index contributed by atoms with van der Waals surface area (Å²) in [6.07, 6.45) is 6.98. The van der Waals surface area contributed by atoms with Crippen molar-refractivity contribution in [2.24, 2.45) is 23.7 Å². The molecule has 0 aromatic heterocycles. The summed E-state index contributed by atoms with van der Waals surface area (Å²) in [7, 11) is 0. The van der Waals surface area contributed by atoms with Gasteiger partial charge in [-0.1, -0.05) is 32.4 Å². The van der Waals surface area contributed by atoms with Crippen LogP contribution in [0.25, 0.3) is 0 Å². The van der Waals surface area contributed by atoms with Crippen LogP contribution in [-0.4, -0.2) is 0 Å². The highest BCUT2D eigenvalue weighted by Gasteiger charge is 2.55. The Morgan fingerprint density at radius 1 is 1.38 bits per heavy atom. The minimum atomic E-state index is 0.874. The van der Waals surface area contributed by atoms with Gasteiger partial charge < -0.3 is 0 Å². The monoisotopic (exact) mass is 178 g/mol. The minimum absolute atomic E-state index is 0.874. The van der Waals surface area contributed by atoms with E-state index in [1.54, 1.807) is 6.42 Å². The first-order valence-electron chi connectivity index (χ1n) is 5.95. The molecule has 13 heavy (non-hydrogen) atoms. The zero-order valence-corrected chi connectivity index (χ0v) is 9.05. The molecule has 0 heteroatoms. The molecule has 0 radical (unpaired) electrons. The van der Waals surface area contributed by atoms with Gasteiger partial charge in [0, 0.05) is 0 Å². The lowest BCUT2D eigenvalue weighted by Crippen LogP contribution is -2.26. The lowest BCUT2D eigenvalue weighted by molar-refractivity contribution is 0.199. The Morgan fingerprint density at radius 2 is 2.15 bits per heavy atom. The number of fused-ring (bicyclic) bond motifs is 1. The Kier molecular flexibility index (Phi) is 2.49. The average Bonchev–Trinajstić information content (AvgIpc) is 2.75. The first-order valence-corrected chi connectivity index (χ1v) is 5.95. The van der Waals surface area contributed by atoms with Gasteiger partial charge in [0.25, 0.3) is 0 Å². The predicted octanol–water partition coefficient (Wildman–Crippen LogP) is 4.02.